The van der Waals surface area contributed by atoms with E-state index in [-0.39, 0.29) is 0 Å². The van der Waals surface area contributed by atoms with Gasteiger partial charge in [-0.3, -0.25) is 0 Å². The Bertz CT molecular complexity index is 592. The first-order valence-electron chi connectivity index (χ1n) is 11.2. The average Bonchev–Trinajstić information content (AvgIpc) is 3.30. The van der Waals surface area contributed by atoms with Gasteiger partial charge in [0.15, 0.2) is 6.61 Å². The lowest BCUT2D eigenvalue weighted by Gasteiger charge is -2.14. The number of hydrogen-bond acceptors (Lipinski definition) is 3. The van der Waals surface area contributed by atoms with Crippen molar-refractivity contribution in [3.63, 3.8) is 0 Å². The number of methoxy groups -OCH3 is 1. The molecule has 31 heavy (non-hydrogen) atoms. The quantitative estimate of drug-likeness (QED) is 0.217. The van der Waals surface area contributed by atoms with Gasteiger partial charge in [0, 0.05) is 13.5 Å². The van der Waals surface area contributed by atoms with E-state index in [0.717, 1.165) is 50.9 Å². The largest absolute Gasteiger partial charge is 0.487 e. The van der Waals surface area contributed by atoms with Gasteiger partial charge < -0.3 is 14.3 Å². The molecule has 0 aliphatic heterocycles. The minimum atomic E-state index is -2.89. The average molecular weight is 439 g/mol. The monoisotopic (exact) mass is 438 g/mol. The second-order valence-corrected chi connectivity index (χ2v) is 7.72. The lowest BCUT2D eigenvalue weighted by Crippen LogP contribution is -2.23. The van der Waals surface area contributed by atoms with Crippen LogP contribution < -0.4 is 4.74 Å². The molecule has 0 unspecified atom stereocenters. The molecule has 5 heteroatoms. The molecule has 0 N–H and O–H groups in total. The Labute approximate surface area is 187 Å². The number of carbonyl (C=O) groups excluding carboxylic acids is 1. The van der Waals surface area contributed by atoms with E-state index in [0.29, 0.717) is 24.2 Å². The summed E-state index contributed by atoms with van der Waals surface area (Å²) in [6.45, 7) is 5.39. The second kappa shape index (κ2) is 18.7. The van der Waals surface area contributed by atoms with E-state index in [4.69, 9.17) is 9.47 Å². The van der Waals surface area contributed by atoms with Gasteiger partial charge in [-0.25, -0.2) is 0 Å². The van der Waals surface area contributed by atoms with Crippen molar-refractivity contribution in [1.29, 1.82) is 0 Å². The maximum absolute atomic E-state index is 13.6. The molecule has 0 heterocycles. The van der Waals surface area contributed by atoms with Crippen LogP contribution in [0.4, 0.5) is 8.78 Å². The highest BCUT2D eigenvalue weighted by molar-refractivity contribution is 5.49. The van der Waals surface area contributed by atoms with Gasteiger partial charge in [-0.2, -0.15) is 8.78 Å². The Kier molecular flexibility index (Phi) is 17.5. The highest BCUT2D eigenvalue weighted by Crippen LogP contribution is 2.27. The fourth-order valence-electron chi connectivity index (χ4n) is 2.66. The van der Waals surface area contributed by atoms with Crippen molar-refractivity contribution in [3.05, 3.63) is 54.6 Å². The third-order valence-corrected chi connectivity index (χ3v) is 4.59. The number of halogens is 2. The summed E-state index contributed by atoms with van der Waals surface area (Å²) >= 11 is 0. The predicted octanol–water partition coefficient (Wildman–Crippen LogP) is 7.42. The molecule has 1 aliphatic carbocycles. The van der Waals surface area contributed by atoms with Crippen molar-refractivity contribution in [2.75, 3.05) is 13.7 Å². The van der Waals surface area contributed by atoms with E-state index in [1.807, 2.05) is 32.9 Å². The first-order valence-corrected chi connectivity index (χ1v) is 11.2. The number of aldehydes is 1. The van der Waals surface area contributed by atoms with Crippen LogP contribution in [0.5, 0.6) is 5.75 Å². The van der Waals surface area contributed by atoms with Crippen LogP contribution in [0.25, 0.3) is 0 Å². The molecule has 0 aromatic heterocycles. The van der Waals surface area contributed by atoms with Crippen molar-refractivity contribution in [3.8, 4) is 5.75 Å². The molecule has 1 aromatic carbocycles. The van der Waals surface area contributed by atoms with Gasteiger partial charge in [0.1, 0.15) is 12.0 Å². The molecule has 176 valence electrons. The van der Waals surface area contributed by atoms with Crippen molar-refractivity contribution < 1.29 is 23.0 Å². The summed E-state index contributed by atoms with van der Waals surface area (Å²) in [5, 5.41) is 0. The van der Waals surface area contributed by atoms with E-state index in [1.165, 1.54) is 0 Å². The summed E-state index contributed by atoms with van der Waals surface area (Å²) < 4.78 is 36.9. The minimum Gasteiger partial charge on any atom is -0.487 e. The van der Waals surface area contributed by atoms with E-state index in [1.54, 1.807) is 37.5 Å². The Morgan fingerprint density at radius 1 is 1.13 bits per heavy atom. The van der Waals surface area contributed by atoms with Crippen molar-refractivity contribution in [1.82, 2.24) is 0 Å². The van der Waals surface area contributed by atoms with Crippen LogP contribution in [-0.4, -0.2) is 32.0 Å². The molecule has 0 atom stereocenters. The number of para-hydroxylation sites is 1. The zero-order chi connectivity index (χ0) is 23.4. The number of allylic oxidation sites excluding steroid dienone is 3. The lowest BCUT2D eigenvalue weighted by atomic mass is 10.1. The molecule has 0 amide bonds. The van der Waals surface area contributed by atoms with Crippen LogP contribution in [0.1, 0.15) is 65.7 Å². The maximum Gasteiger partial charge on any atom is 0.299 e. The molecule has 0 saturated heterocycles. The normalized spacial score (nSPS) is 14.3. The molecule has 2 rings (SSSR count). The molecular weight excluding hydrogens is 398 g/mol. The molecular formula is C26H40F2O3. The fraction of sp³-hybridized carbons (Fsp3) is 0.577. The van der Waals surface area contributed by atoms with Gasteiger partial charge >= 0.3 is 0 Å². The van der Waals surface area contributed by atoms with E-state index < -0.39 is 12.5 Å². The van der Waals surface area contributed by atoms with Gasteiger partial charge in [0.2, 0.25) is 0 Å². The predicted molar refractivity (Wildman–Crippen MR) is 125 cm³/mol. The SMILES string of the molecule is C/C=C\CCCC=O.COC(C)C.FC(F)(/C=C/C1CCCC1)COc1ccccc1. The molecule has 1 fully saturated rings. The fourth-order valence-corrected chi connectivity index (χ4v) is 2.66. The van der Waals surface area contributed by atoms with E-state index in [2.05, 4.69) is 6.08 Å². The topological polar surface area (TPSA) is 35.5 Å². The summed E-state index contributed by atoms with van der Waals surface area (Å²) in [5.74, 6) is -2.09. The molecule has 0 radical (unpaired) electrons. The number of ether oxygens (including phenoxy) is 2. The number of benzene rings is 1. The highest BCUT2D eigenvalue weighted by Gasteiger charge is 2.27. The number of hydrogen-bond donors (Lipinski definition) is 0. The van der Waals surface area contributed by atoms with Crippen LogP contribution in [-0.2, 0) is 9.53 Å². The zero-order valence-corrected chi connectivity index (χ0v) is 19.6. The van der Waals surface area contributed by atoms with Crippen LogP contribution in [0.15, 0.2) is 54.6 Å². The van der Waals surface area contributed by atoms with Crippen LogP contribution >= 0.6 is 0 Å². The Balaban J connectivity index is 0.000000576. The first kappa shape index (κ1) is 29.0. The minimum absolute atomic E-state index is 0.326. The van der Waals surface area contributed by atoms with Crippen molar-refractivity contribution >= 4 is 6.29 Å². The molecule has 0 spiro atoms. The van der Waals surface area contributed by atoms with Crippen LogP contribution in [0, 0.1) is 5.92 Å². The van der Waals surface area contributed by atoms with Gasteiger partial charge in [-0.15, -0.1) is 0 Å². The van der Waals surface area contributed by atoms with E-state index >= 15 is 0 Å². The van der Waals surface area contributed by atoms with Gasteiger partial charge in [0.05, 0.1) is 6.10 Å². The molecule has 1 saturated carbocycles. The Hall–Kier alpha value is -2.01. The second-order valence-electron chi connectivity index (χ2n) is 7.72. The molecule has 1 aliphatic rings. The van der Waals surface area contributed by atoms with Gasteiger partial charge in [-0.1, -0.05) is 49.3 Å². The summed E-state index contributed by atoms with van der Waals surface area (Å²) in [7, 11) is 1.70. The third-order valence-electron chi connectivity index (χ3n) is 4.59. The van der Waals surface area contributed by atoms with Gasteiger partial charge in [0.25, 0.3) is 5.92 Å². The highest BCUT2D eigenvalue weighted by atomic mass is 19.3. The third kappa shape index (κ3) is 18.5. The van der Waals surface area contributed by atoms with Crippen molar-refractivity contribution in [2.24, 2.45) is 5.92 Å². The van der Waals surface area contributed by atoms with E-state index in [9.17, 15) is 13.6 Å². The van der Waals surface area contributed by atoms with Gasteiger partial charge in [-0.05, 0) is 70.6 Å². The Morgan fingerprint density at radius 2 is 1.74 bits per heavy atom. The lowest BCUT2D eigenvalue weighted by molar-refractivity contribution is -0.107. The van der Waals surface area contributed by atoms with Crippen LogP contribution in [0.3, 0.4) is 0 Å². The number of alkyl halides is 2. The summed E-state index contributed by atoms with van der Waals surface area (Å²) in [6, 6.07) is 8.71. The van der Waals surface area contributed by atoms with Crippen molar-refractivity contribution in [2.45, 2.75) is 77.7 Å². The first-order chi connectivity index (χ1) is 14.8. The number of unbranched alkanes of at least 4 members (excludes halogenated alkanes) is 2. The zero-order valence-electron chi connectivity index (χ0n) is 19.6. The number of rotatable bonds is 10. The smallest absolute Gasteiger partial charge is 0.299 e. The summed E-state index contributed by atoms with van der Waals surface area (Å²) in [6.07, 6.45) is 15.2. The molecule has 0 bridgehead atoms. The summed E-state index contributed by atoms with van der Waals surface area (Å²) in [5.41, 5.74) is 0. The summed E-state index contributed by atoms with van der Waals surface area (Å²) in [4.78, 5) is 9.74. The number of carbonyl (C=O) groups is 1. The maximum atomic E-state index is 13.6. The van der Waals surface area contributed by atoms with Crippen LogP contribution in [0.2, 0.25) is 0 Å². The Morgan fingerprint density at radius 3 is 2.26 bits per heavy atom. The molecule has 3 nitrogen and oxygen atoms in total. The standard InChI is InChI=1S/C15H18F2O.C7H12O.C4H10O/c16-15(17,11-10-13-6-4-5-7-13)12-18-14-8-2-1-3-9-14;1-2-3-4-5-6-7-8;1-4(2)5-3/h1-3,8-11,13H,4-7,12H2;2-3,7H,4-6H2,1H3;4H,1-3H3/b11-10+;3-2-;. The molecule has 1 aromatic rings.